The molecule has 0 saturated carbocycles. The maximum absolute atomic E-state index is 12.7. The van der Waals surface area contributed by atoms with Crippen molar-refractivity contribution in [3.8, 4) is 0 Å². The first-order valence-electron chi connectivity index (χ1n) is 8.59. The maximum atomic E-state index is 12.7. The van der Waals surface area contributed by atoms with Crippen LogP contribution in [0.15, 0.2) is 41.4 Å². The number of halogens is 3. The third-order valence-corrected chi connectivity index (χ3v) is 4.37. The number of guanidine groups is 1. The van der Waals surface area contributed by atoms with Crippen molar-refractivity contribution in [3.05, 3.63) is 64.5 Å². The molecule has 4 nitrogen and oxygen atoms in total. The molecule has 0 atom stereocenters. The van der Waals surface area contributed by atoms with Crippen LogP contribution in [0, 0.1) is 0 Å². The summed E-state index contributed by atoms with van der Waals surface area (Å²) in [6.45, 7) is 0.519. The number of aryl methyl sites for hydroxylation is 2. The molecule has 0 amide bonds. The number of benzene rings is 1. The zero-order valence-electron chi connectivity index (χ0n) is 14.3. The van der Waals surface area contributed by atoms with Crippen LogP contribution >= 0.6 is 0 Å². The highest BCUT2D eigenvalue weighted by Crippen LogP contribution is 2.29. The third-order valence-electron chi connectivity index (χ3n) is 4.37. The SMILES string of the molecule is NC(=NCc1cccc(C(F)(F)F)c1)NCc1ccc2c(n1)CCCC2. The fraction of sp³-hybridized carbons (Fsp3) is 0.368. The van der Waals surface area contributed by atoms with Crippen LogP contribution in [0.2, 0.25) is 0 Å². The predicted molar refractivity (Wildman–Crippen MR) is 94.5 cm³/mol. The first-order chi connectivity index (χ1) is 12.4. The second kappa shape index (κ2) is 7.76. The highest BCUT2D eigenvalue weighted by molar-refractivity contribution is 5.77. The molecule has 0 saturated heterocycles. The van der Waals surface area contributed by atoms with Gasteiger partial charge in [-0.1, -0.05) is 18.2 Å². The highest BCUT2D eigenvalue weighted by atomic mass is 19.4. The van der Waals surface area contributed by atoms with Crippen molar-refractivity contribution in [3.63, 3.8) is 0 Å². The van der Waals surface area contributed by atoms with E-state index in [9.17, 15) is 13.2 Å². The monoisotopic (exact) mass is 362 g/mol. The van der Waals surface area contributed by atoms with Gasteiger partial charge in [0.05, 0.1) is 24.3 Å². The Balaban J connectivity index is 1.57. The standard InChI is InChI=1S/C19H21F3N4/c20-19(21,22)15-6-3-4-13(10-15)11-24-18(23)25-12-16-9-8-14-5-1-2-7-17(14)26-16/h3-4,6,8-10H,1-2,5,7,11-12H2,(H3,23,24,25). The van der Waals surface area contributed by atoms with Crippen molar-refractivity contribution in [2.45, 2.75) is 44.9 Å². The average Bonchev–Trinajstić information content (AvgIpc) is 2.64. The van der Waals surface area contributed by atoms with E-state index in [0.29, 0.717) is 12.1 Å². The number of rotatable bonds is 4. The second-order valence-electron chi connectivity index (χ2n) is 6.37. The van der Waals surface area contributed by atoms with Crippen LogP contribution in [0.25, 0.3) is 0 Å². The lowest BCUT2D eigenvalue weighted by molar-refractivity contribution is -0.137. The van der Waals surface area contributed by atoms with Gasteiger partial charge in [0.1, 0.15) is 0 Å². The van der Waals surface area contributed by atoms with Gasteiger partial charge in [0.2, 0.25) is 0 Å². The molecule has 3 N–H and O–H groups in total. The molecule has 0 radical (unpaired) electrons. The minimum atomic E-state index is -4.36. The summed E-state index contributed by atoms with van der Waals surface area (Å²) in [7, 11) is 0. The van der Waals surface area contributed by atoms with E-state index in [1.807, 2.05) is 6.07 Å². The number of alkyl halides is 3. The molecule has 1 heterocycles. The number of nitrogens with zero attached hydrogens (tertiary/aromatic N) is 2. The van der Waals surface area contributed by atoms with Crippen LogP contribution in [0.3, 0.4) is 0 Å². The van der Waals surface area contributed by atoms with Crippen molar-refractivity contribution in [1.82, 2.24) is 10.3 Å². The van der Waals surface area contributed by atoms with Gasteiger partial charge in [-0.15, -0.1) is 0 Å². The van der Waals surface area contributed by atoms with Gasteiger partial charge >= 0.3 is 6.18 Å². The maximum Gasteiger partial charge on any atom is 0.416 e. The molecule has 0 aliphatic heterocycles. The van der Waals surface area contributed by atoms with Crippen LogP contribution in [0.5, 0.6) is 0 Å². The van der Waals surface area contributed by atoms with Crippen molar-refractivity contribution < 1.29 is 13.2 Å². The van der Waals surface area contributed by atoms with Gasteiger partial charge in [-0.25, -0.2) is 4.99 Å². The van der Waals surface area contributed by atoms with Crippen molar-refractivity contribution in [1.29, 1.82) is 0 Å². The molecule has 7 heteroatoms. The smallest absolute Gasteiger partial charge is 0.370 e. The number of fused-ring (bicyclic) bond motifs is 1. The van der Waals surface area contributed by atoms with Gasteiger partial charge in [-0.3, -0.25) is 4.98 Å². The first-order valence-corrected chi connectivity index (χ1v) is 8.59. The number of pyridine rings is 1. The first kappa shape index (κ1) is 18.2. The van der Waals surface area contributed by atoms with E-state index in [1.54, 1.807) is 6.07 Å². The second-order valence-corrected chi connectivity index (χ2v) is 6.37. The largest absolute Gasteiger partial charge is 0.416 e. The summed E-state index contributed by atoms with van der Waals surface area (Å²) < 4.78 is 38.1. The van der Waals surface area contributed by atoms with E-state index in [-0.39, 0.29) is 12.5 Å². The van der Waals surface area contributed by atoms with E-state index in [2.05, 4.69) is 21.4 Å². The minimum absolute atomic E-state index is 0.0837. The molecule has 1 aromatic heterocycles. The summed E-state index contributed by atoms with van der Waals surface area (Å²) in [5, 5.41) is 2.96. The van der Waals surface area contributed by atoms with Gasteiger partial charge in [0.25, 0.3) is 0 Å². The number of hydrogen-bond acceptors (Lipinski definition) is 2. The van der Waals surface area contributed by atoms with Crippen LogP contribution in [-0.4, -0.2) is 10.9 Å². The molecule has 1 aliphatic carbocycles. The zero-order chi connectivity index (χ0) is 18.6. The van der Waals surface area contributed by atoms with Crippen LogP contribution < -0.4 is 11.1 Å². The van der Waals surface area contributed by atoms with Crippen LogP contribution in [-0.2, 0) is 32.1 Å². The van der Waals surface area contributed by atoms with Gasteiger partial charge in [0.15, 0.2) is 5.96 Å². The summed E-state index contributed by atoms with van der Waals surface area (Å²) in [5.41, 5.74) is 8.93. The Labute approximate surface area is 150 Å². The third kappa shape index (κ3) is 4.74. The number of aromatic nitrogens is 1. The van der Waals surface area contributed by atoms with Gasteiger partial charge in [0, 0.05) is 5.69 Å². The number of nitrogens with two attached hydrogens (primary N) is 1. The molecule has 0 spiro atoms. The predicted octanol–water partition coefficient (Wildman–Crippen LogP) is 3.58. The summed E-state index contributed by atoms with van der Waals surface area (Å²) in [6.07, 6.45) is 0.0967. The molecule has 1 aromatic carbocycles. The molecule has 138 valence electrons. The fourth-order valence-electron chi connectivity index (χ4n) is 2.99. The zero-order valence-corrected chi connectivity index (χ0v) is 14.3. The molecule has 3 rings (SSSR count). The van der Waals surface area contributed by atoms with E-state index >= 15 is 0 Å². The van der Waals surface area contributed by atoms with Crippen molar-refractivity contribution >= 4 is 5.96 Å². The van der Waals surface area contributed by atoms with Gasteiger partial charge in [-0.2, -0.15) is 13.2 Å². The summed E-state index contributed by atoms with van der Waals surface area (Å²) in [6, 6.07) is 9.16. The summed E-state index contributed by atoms with van der Waals surface area (Å²) in [5.74, 6) is 0.182. The average molecular weight is 362 g/mol. The fourth-order valence-corrected chi connectivity index (χ4v) is 2.99. The van der Waals surface area contributed by atoms with E-state index in [0.717, 1.165) is 42.8 Å². The lowest BCUT2D eigenvalue weighted by atomic mass is 9.96. The Bertz CT molecular complexity index is 800. The Kier molecular flexibility index (Phi) is 5.44. The molecule has 1 aliphatic rings. The topological polar surface area (TPSA) is 63.3 Å². The lowest BCUT2D eigenvalue weighted by Crippen LogP contribution is -2.31. The summed E-state index contributed by atoms with van der Waals surface area (Å²) in [4.78, 5) is 8.75. The van der Waals surface area contributed by atoms with Gasteiger partial charge < -0.3 is 11.1 Å². The van der Waals surface area contributed by atoms with Crippen LogP contribution in [0.4, 0.5) is 13.2 Å². The minimum Gasteiger partial charge on any atom is -0.370 e. The van der Waals surface area contributed by atoms with Crippen molar-refractivity contribution in [2.24, 2.45) is 10.7 Å². The van der Waals surface area contributed by atoms with Gasteiger partial charge in [-0.05, 0) is 55.0 Å². The van der Waals surface area contributed by atoms with E-state index in [1.165, 1.54) is 18.1 Å². The highest BCUT2D eigenvalue weighted by Gasteiger charge is 2.30. The Hall–Kier alpha value is -2.57. The number of hydrogen-bond donors (Lipinski definition) is 2. The van der Waals surface area contributed by atoms with E-state index < -0.39 is 11.7 Å². The van der Waals surface area contributed by atoms with Crippen molar-refractivity contribution in [2.75, 3.05) is 0 Å². The lowest BCUT2D eigenvalue weighted by Gasteiger charge is -2.15. The summed E-state index contributed by atoms with van der Waals surface area (Å²) >= 11 is 0. The number of aliphatic imine (C=N–C) groups is 1. The quantitative estimate of drug-likeness (QED) is 0.645. The molecule has 0 unspecified atom stereocenters. The molecular weight excluding hydrogens is 341 g/mol. The molecule has 26 heavy (non-hydrogen) atoms. The Morgan fingerprint density at radius 1 is 1.15 bits per heavy atom. The normalized spacial score (nSPS) is 14.8. The molecular formula is C19H21F3N4. The Morgan fingerprint density at radius 2 is 1.96 bits per heavy atom. The molecule has 2 aromatic rings. The molecule has 0 fully saturated rings. The Morgan fingerprint density at radius 3 is 2.77 bits per heavy atom. The van der Waals surface area contributed by atoms with Crippen LogP contribution in [0.1, 0.15) is 40.9 Å². The van der Waals surface area contributed by atoms with E-state index in [4.69, 9.17) is 5.73 Å². The number of nitrogens with one attached hydrogen (secondary N) is 1. The molecule has 0 bridgehead atoms.